The molecule has 0 aliphatic carbocycles. The molecule has 216 valence electrons. The first-order valence-electron chi connectivity index (χ1n) is 14.2. The Hall–Kier alpha value is -3.77. The van der Waals surface area contributed by atoms with E-state index in [0.29, 0.717) is 41.6 Å². The van der Waals surface area contributed by atoms with Gasteiger partial charge in [-0.1, -0.05) is 63.1 Å². The van der Waals surface area contributed by atoms with E-state index in [1.165, 1.54) is 5.56 Å². The number of aromatic nitrogens is 1. The van der Waals surface area contributed by atoms with Gasteiger partial charge in [-0.3, -0.25) is 4.79 Å². The maximum atomic E-state index is 13.3. The van der Waals surface area contributed by atoms with Crippen LogP contribution in [-0.4, -0.2) is 27.7 Å². The summed E-state index contributed by atoms with van der Waals surface area (Å²) >= 11 is 6.57. The average Bonchev–Trinajstić information content (AvgIpc) is 3.18. The first kappa shape index (κ1) is 30.2. The Morgan fingerprint density at radius 1 is 1.00 bits per heavy atom. The van der Waals surface area contributed by atoms with Gasteiger partial charge in [-0.2, -0.15) is 0 Å². The fourth-order valence-electron chi connectivity index (χ4n) is 5.12. The molecule has 0 saturated carbocycles. The van der Waals surface area contributed by atoms with Crippen molar-refractivity contribution in [3.05, 3.63) is 99.2 Å². The number of halogens is 1. The quantitative estimate of drug-likeness (QED) is 0.189. The van der Waals surface area contributed by atoms with E-state index >= 15 is 0 Å². The number of aryl methyl sites for hydroxylation is 1. The Labute approximate surface area is 247 Å². The van der Waals surface area contributed by atoms with Gasteiger partial charge in [-0.25, -0.2) is 4.79 Å². The Morgan fingerprint density at radius 3 is 2.41 bits per heavy atom. The van der Waals surface area contributed by atoms with Gasteiger partial charge in [0.05, 0.1) is 6.04 Å². The molecule has 4 rings (SSSR count). The minimum Gasteiger partial charge on any atom is -0.479 e. The van der Waals surface area contributed by atoms with Crippen LogP contribution in [0.25, 0.3) is 10.9 Å². The second kappa shape index (κ2) is 12.8. The van der Waals surface area contributed by atoms with Crippen molar-refractivity contribution in [2.45, 2.75) is 79.0 Å². The third-order valence-electron chi connectivity index (χ3n) is 7.78. The zero-order valence-corrected chi connectivity index (χ0v) is 25.4. The van der Waals surface area contributed by atoms with Gasteiger partial charge in [0.15, 0.2) is 6.10 Å². The monoisotopic (exact) mass is 574 g/mol. The minimum atomic E-state index is -0.982. The van der Waals surface area contributed by atoms with Crippen LogP contribution in [0.1, 0.15) is 90.8 Å². The first-order chi connectivity index (χ1) is 19.5. The highest BCUT2D eigenvalue weighted by atomic mass is 35.5. The minimum absolute atomic E-state index is 0.118. The molecule has 2 atom stereocenters. The molecule has 1 aromatic heterocycles. The van der Waals surface area contributed by atoms with Crippen molar-refractivity contribution in [1.82, 2.24) is 9.88 Å². The fraction of sp³-hybridized carbons (Fsp3) is 0.353. The second-order valence-corrected chi connectivity index (χ2v) is 11.4. The van der Waals surface area contributed by atoms with Gasteiger partial charge in [0.1, 0.15) is 5.75 Å². The number of hydrogen-bond donors (Lipinski definition) is 2. The summed E-state index contributed by atoms with van der Waals surface area (Å²) in [6.07, 6.45) is 0.222. The molecule has 6 nitrogen and oxygen atoms in total. The van der Waals surface area contributed by atoms with Gasteiger partial charge in [-0.05, 0) is 91.8 Å². The number of carboxylic acid groups (broad SMARTS) is 1. The Bertz CT molecular complexity index is 1570. The summed E-state index contributed by atoms with van der Waals surface area (Å²) in [5.41, 5.74) is 6.90. The van der Waals surface area contributed by atoms with E-state index in [2.05, 4.69) is 49.7 Å². The van der Waals surface area contributed by atoms with Crippen molar-refractivity contribution in [2.24, 2.45) is 0 Å². The molecular weight excluding hydrogens is 536 g/mol. The summed E-state index contributed by atoms with van der Waals surface area (Å²) in [7, 11) is 0. The first-order valence-corrected chi connectivity index (χ1v) is 14.6. The van der Waals surface area contributed by atoms with Gasteiger partial charge in [0, 0.05) is 33.7 Å². The maximum Gasteiger partial charge on any atom is 0.344 e. The van der Waals surface area contributed by atoms with E-state index < -0.39 is 12.1 Å². The van der Waals surface area contributed by atoms with Crippen molar-refractivity contribution >= 4 is 34.4 Å². The largest absolute Gasteiger partial charge is 0.479 e. The molecule has 7 heteroatoms. The number of benzene rings is 3. The fourth-order valence-corrected chi connectivity index (χ4v) is 5.30. The van der Waals surface area contributed by atoms with E-state index in [-0.39, 0.29) is 11.9 Å². The van der Waals surface area contributed by atoms with Crippen molar-refractivity contribution in [3.8, 4) is 5.75 Å². The molecule has 0 fully saturated rings. The predicted octanol–water partition coefficient (Wildman–Crippen LogP) is 8.21. The van der Waals surface area contributed by atoms with Crippen LogP contribution in [0.3, 0.4) is 0 Å². The van der Waals surface area contributed by atoms with Crippen LogP contribution < -0.4 is 10.1 Å². The molecule has 0 radical (unpaired) electrons. The molecular formula is C34H39ClN2O4. The number of hydrogen-bond acceptors (Lipinski definition) is 3. The van der Waals surface area contributed by atoms with E-state index in [4.69, 9.17) is 16.3 Å². The number of carboxylic acids is 1. The van der Waals surface area contributed by atoms with Gasteiger partial charge >= 0.3 is 5.97 Å². The van der Waals surface area contributed by atoms with Gasteiger partial charge in [0.25, 0.3) is 5.91 Å². The number of nitrogens with zero attached hydrogens (tertiary/aromatic N) is 1. The maximum absolute atomic E-state index is 13.3. The highest BCUT2D eigenvalue weighted by Gasteiger charge is 2.20. The number of fused-ring (bicyclic) bond motifs is 1. The van der Waals surface area contributed by atoms with Crippen molar-refractivity contribution in [2.75, 3.05) is 0 Å². The van der Waals surface area contributed by atoms with Crippen LogP contribution in [0.4, 0.5) is 0 Å². The van der Waals surface area contributed by atoms with Crippen LogP contribution in [0.2, 0.25) is 5.02 Å². The summed E-state index contributed by atoms with van der Waals surface area (Å²) in [6, 6.07) is 19.3. The molecule has 3 aromatic carbocycles. The number of nitrogens with one attached hydrogen (secondary N) is 1. The summed E-state index contributed by atoms with van der Waals surface area (Å²) in [5, 5.41) is 14.2. The third kappa shape index (κ3) is 6.76. The Morgan fingerprint density at radius 2 is 1.73 bits per heavy atom. The smallest absolute Gasteiger partial charge is 0.344 e. The van der Waals surface area contributed by atoms with Crippen molar-refractivity contribution < 1.29 is 19.4 Å². The van der Waals surface area contributed by atoms with Crippen LogP contribution >= 0.6 is 11.6 Å². The molecule has 1 heterocycles. The van der Waals surface area contributed by atoms with Gasteiger partial charge < -0.3 is 19.7 Å². The highest BCUT2D eigenvalue weighted by molar-refractivity contribution is 6.31. The average molecular weight is 575 g/mol. The van der Waals surface area contributed by atoms with Crippen molar-refractivity contribution in [3.63, 3.8) is 0 Å². The number of carbonyl (C=O) groups excluding carboxylic acids is 1. The number of aliphatic carboxylic acids is 1. The molecule has 41 heavy (non-hydrogen) atoms. The van der Waals surface area contributed by atoms with Crippen LogP contribution in [0.15, 0.2) is 60.7 Å². The Kier molecular flexibility index (Phi) is 9.44. The zero-order valence-electron chi connectivity index (χ0n) is 24.6. The lowest BCUT2D eigenvalue weighted by Gasteiger charge is -2.17. The number of ether oxygens (including phenoxy) is 1. The topological polar surface area (TPSA) is 80.6 Å². The van der Waals surface area contributed by atoms with Crippen molar-refractivity contribution in [1.29, 1.82) is 0 Å². The number of amides is 1. The summed E-state index contributed by atoms with van der Waals surface area (Å²) < 4.78 is 7.95. The highest BCUT2D eigenvalue weighted by Crippen LogP contribution is 2.31. The SMILES string of the molecule is CCC[C@@H](Oc1ccc(Cl)c(Cn2c(C)c(C)c3cc(C(=O)N[C@@H](C)c4cccc(C(C)C)c4)ccc32)c1)C(=O)O. The van der Waals surface area contributed by atoms with E-state index in [1.807, 2.05) is 50.2 Å². The molecule has 4 aromatic rings. The standard InChI is InChI=1S/C34H39ClN2O4/c1-7-9-32(34(39)40)41-28-13-14-30(35)27(17-28)19-37-23(6)21(4)29-18-26(12-15-31(29)37)33(38)36-22(5)25-11-8-10-24(16-25)20(2)3/h8,10-18,20,22,32H,7,9,19H2,1-6H3,(H,36,38)(H,39,40)/t22-,32+/m0/s1. The lowest BCUT2D eigenvalue weighted by Crippen LogP contribution is -2.26. The summed E-state index contributed by atoms with van der Waals surface area (Å²) in [6.45, 7) is 12.8. The van der Waals surface area contributed by atoms with E-state index in [0.717, 1.165) is 33.3 Å². The molecule has 1 amide bonds. The molecule has 0 spiro atoms. The zero-order chi connectivity index (χ0) is 29.8. The summed E-state index contributed by atoms with van der Waals surface area (Å²) in [4.78, 5) is 24.8. The van der Waals surface area contributed by atoms with Gasteiger partial charge in [0.2, 0.25) is 0 Å². The van der Waals surface area contributed by atoms with E-state index in [9.17, 15) is 14.7 Å². The predicted molar refractivity (Wildman–Crippen MR) is 165 cm³/mol. The number of rotatable bonds is 11. The van der Waals surface area contributed by atoms with Crippen LogP contribution in [0, 0.1) is 13.8 Å². The molecule has 0 aliphatic heterocycles. The lowest BCUT2D eigenvalue weighted by molar-refractivity contribution is -0.145. The molecule has 2 N–H and O–H groups in total. The molecule has 0 saturated heterocycles. The summed E-state index contributed by atoms with van der Waals surface area (Å²) in [5.74, 6) is -0.206. The molecule has 0 unspecified atom stereocenters. The Balaban J connectivity index is 1.58. The molecule has 0 aliphatic rings. The van der Waals surface area contributed by atoms with Crippen LogP contribution in [-0.2, 0) is 11.3 Å². The molecule has 0 bridgehead atoms. The van der Waals surface area contributed by atoms with Crippen LogP contribution in [0.5, 0.6) is 5.75 Å². The third-order valence-corrected chi connectivity index (χ3v) is 8.15. The number of carbonyl (C=O) groups is 2. The van der Waals surface area contributed by atoms with E-state index in [1.54, 1.807) is 12.1 Å². The normalized spacial score (nSPS) is 12.9. The second-order valence-electron chi connectivity index (χ2n) is 11.0. The lowest BCUT2D eigenvalue weighted by atomic mass is 9.98. The van der Waals surface area contributed by atoms with Gasteiger partial charge in [-0.15, -0.1) is 0 Å².